The molecule has 4 heteroatoms. The van der Waals surface area contributed by atoms with Crippen LogP contribution in [0.25, 0.3) is 43.5 Å². The molecule has 2 nitrogen and oxygen atoms in total. The Morgan fingerprint density at radius 3 is 1.69 bits per heavy atom. The molecule has 0 saturated carbocycles. The summed E-state index contributed by atoms with van der Waals surface area (Å²) >= 11 is 2.00. The highest BCUT2D eigenvalue weighted by Gasteiger charge is 2.53. The SMILES string of the molecule is Cc1ccc(N2c3cc(-c4ccccc4)ccc3B3c4sc5cc6c(cc5c4N(c4ccc(C)cc4)c4cc(C)cc2c43)-c2ccc(C)cc2C62c3ccccc3-c3ccccc32)cc1. The number of rotatable bonds is 3. The Balaban J connectivity index is 1.10. The minimum absolute atomic E-state index is 0.0305. The standard InChI is InChI=1S/C61H43BN2S/c1-36-18-24-42(25-19-36)63-54-33-41(40-12-6-5-7-13-40)23-29-53(54)62-58-55(63)31-39(4)32-56(58)64(43-26-20-37(2)21-27-43)59-48-34-47-46-28-22-38(3)30-51(46)61(52(47)35-57(48)65-60(59)62)49-16-10-8-14-44(49)45-15-9-11-17-50(45)61/h5-35H,1-4H3. The number of thiophene rings is 1. The van der Waals surface area contributed by atoms with E-state index in [1.54, 1.807) is 0 Å². The lowest BCUT2D eigenvalue weighted by Crippen LogP contribution is -2.60. The molecule has 1 aromatic heterocycles. The molecule has 9 aromatic carbocycles. The van der Waals surface area contributed by atoms with Crippen LogP contribution in [0.4, 0.5) is 34.1 Å². The van der Waals surface area contributed by atoms with Crippen molar-refractivity contribution in [2.75, 3.05) is 9.80 Å². The van der Waals surface area contributed by atoms with Crippen LogP contribution in [0.2, 0.25) is 0 Å². The summed E-state index contributed by atoms with van der Waals surface area (Å²) in [5, 5.41) is 1.31. The van der Waals surface area contributed by atoms with E-state index in [0.29, 0.717) is 0 Å². The Hall–Kier alpha value is -7.40. The van der Waals surface area contributed by atoms with E-state index in [4.69, 9.17) is 0 Å². The Kier molecular flexibility index (Phi) is 7.59. The highest BCUT2D eigenvalue weighted by molar-refractivity contribution is 7.33. The number of hydrogen-bond donors (Lipinski definition) is 0. The van der Waals surface area contributed by atoms with Crippen LogP contribution in [-0.2, 0) is 5.41 Å². The molecule has 3 heterocycles. The normalized spacial score (nSPS) is 14.2. The fourth-order valence-electron chi connectivity index (χ4n) is 12.1. The number of anilines is 6. The number of aryl methyl sites for hydroxylation is 4. The zero-order chi connectivity index (χ0) is 43.3. The molecule has 4 aliphatic rings. The highest BCUT2D eigenvalue weighted by Crippen LogP contribution is 2.64. The van der Waals surface area contributed by atoms with Crippen molar-refractivity contribution in [3.8, 4) is 33.4 Å². The molecule has 0 unspecified atom stereocenters. The molecule has 0 radical (unpaired) electrons. The van der Waals surface area contributed by atoms with Crippen molar-refractivity contribution in [2.24, 2.45) is 0 Å². The molecule has 0 N–H and O–H groups in total. The van der Waals surface area contributed by atoms with Gasteiger partial charge in [-0.2, -0.15) is 0 Å². The molecule has 2 aliphatic heterocycles. The maximum absolute atomic E-state index is 2.61. The maximum atomic E-state index is 2.61. The van der Waals surface area contributed by atoms with Crippen molar-refractivity contribution >= 4 is 78.0 Å². The van der Waals surface area contributed by atoms with Crippen molar-refractivity contribution < 1.29 is 0 Å². The van der Waals surface area contributed by atoms with Crippen molar-refractivity contribution in [3.63, 3.8) is 0 Å². The van der Waals surface area contributed by atoms with Crippen LogP contribution in [-0.4, -0.2) is 6.71 Å². The Morgan fingerprint density at radius 2 is 1.00 bits per heavy atom. The first-order valence-electron chi connectivity index (χ1n) is 22.9. The van der Waals surface area contributed by atoms with Gasteiger partial charge in [0.15, 0.2) is 0 Å². The van der Waals surface area contributed by atoms with Crippen LogP contribution < -0.4 is 25.5 Å². The first-order chi connectivity index (χ1) is 31.9. The van der Waals surface area contributed by atoms with Crippen LogP contribution in [0.3, 0.4) is 0 Å². The Labute approximate surface area is 384 Å². The van der Waals surface area contributed by atoms with Gasteiger partial charge in [-0.05, 0) is 154 Å². The summed E-state index contributed by atoms with van der Waals surface area (Å²) in [6.45, 7) is 8.91. The van der Waals surface area contributed by atoms with Crippen LogP contribution in [0.5, 0.6) is 0 Å². The van der Waals surface area contributed by atoms with Crippen molar-refractivity contribution in [1.29, 1.82) is 0 Å². The Morgan fingerprint density at radius 1 is 0.415 bits per heavy atom. The van der Waals surface area contributed by atoms with E-state index in [0.717, 1.165) is 0 Å². The summed E-state index contributed by atoms with van der Waals surface area (Å²) in [6, 6.07) is 71.9. The second kappa shape index (κ2) is 13.3. The van der Waals surface area contributed by atoms with Crippen LogP contribution >= 0.6 is 11.3 Å². The fourth-order valence-corrected chi connectivity index (χ4v) is 13.4. The van der Waals surface area contributed by atoms with Gasteiger partial charge >= 0.3 is 0 Å². The summed E-state index contributed by atoms with van der Waals surface area (Å²) in [5.41, 5.74) is 28.0. The van der Waals surface area contributed by atoms with Gasteiger partial charge in [0.05, 0.1) is 11.1 Å². The van der Waals surface area contributed by atoms with Crippen molar-refractivity contribution in [2.45, 2.75) is 33.1 Å². The highest BCUT2D eigenvalue weighted by atomic mass is 32.1. The van der Waals surface area contributed by atoms with Crippen LogP contribution in [0.15, 0.2) is 188 Å². The van der Waals surface area contributed by atoms with E-state index in [1.807, 2.05) is 11.3 Å². The molecule has 2 aliphatic carbocycles. The van der Waals surface area contributed by atoms with Crippen LogP contribution in [0, 0.1) is 27.7 Å². The summed E-state index contributed by atoms with van der Waals surface area (Å²) in [7, 11) is 0. The van der Waals surface area contributed by atoms with Gasteiger partial charge in [0.2, 0.25) is 0 Å². The molecule has 0 saturated heterocycles. The lowest BCUT2D eigenvalue weighted by molar-refractivity contribution is 0.794. The zero-order valence-electron chi connectivity index (χ0n) is 36.8. The third-order valence-corrected chi connectivity index (χ3v) is 16.1. The fraction of sp³-hybridized carbons (Fsp3) is 0.0820. The van der Waals surface area contributed by atoms with Gasteiger partial charge in [-0.15, -0.1) is 11.3 Å². The number of fused-ring (bicyclic) bond motifs is 16. The van der Waals surface area contributed by atoms with Gasteiger partial charge in [-0.25, -0.2) is 0 Å². The smallest absolute Gasteiger partial charge is 0.264 e. The average molecular weight is 847 g/mol. The number of hydrogen-bond acceptors (Lipinski definition) is 3. The molecular weight excluding hydrogens is 804 g/mol. The summed E-state index contributed by atoms with van der Waals surface area (Å²) in [5.74, 6) is 0. The largest absolute Gasteiger partial charge is 0.311 e. The predicted molar refractivity (Wildman–Crippen MR) is 277 cm³/mol. The van der Waals surface area contributed by atoms with E-state index in [9.17, 15) is 0 Å². The van der Waals surface area contributed by atoms with E-state index >= 15 is 0 Å². The van der Waals surface area contributed by atoms with Crippen molar-refractivity contribution in [1.82, 2.24) is 0 Å². The Bertz CT molecular complexity index is 3610. The summed E-state index contributed by atoms with van der Waals surface area (Å²) in [6.07, 6.45) is 0. The van der Waals surface area contributed by atoms with Gasteiger partial charge in [0, 0.05) is 43.3 Å². The molecule has 14 rings (SSSR count). The number of nitrogens with zero attached hydrogens (tertiary/aromatic N) is 2. The third-order valence-electron chi connectivity index (χ3n) is 14.9. The topological polar surface area (TPSA) is 6.48 Å². The summed E-state index contributed by atoms with van der Waals surface area (Å²) < 4.78 is 2.72. The molecule has 0 fully saturated rings. The van der Waals surface area contributed by atoms with Gasteiger partial charge in [0.1, 0.15) is 0 Å². The molecule has 0 atom stereocenters. The van der Waals surface area contributed by atoms with E-state index in [1.165, 1.54) is 138 Å². The van der Waals surface area contributed by atoms with E-state index in [2.05, 4.69) is 226 Å². The van der Waals surface area contributed by atoms with Gasteiger partial charge < -0.3 is 9.80 Å². The zero-order valence-corrected chi connectivity index (χ0v) is 37.6. The van der Waals surface area contributed by atoms with Gasteiger partial charge in [0.25, 0.3) is 6.71 Å². The average Bonchev–Trinajstić information content (AvgIpc) is 3.95. The lowest BCUT2D eigenvalue weighted by atomic mass is 9.36. The molecule has 0 amide bonds. The minimum atomic E-state index is -0.410. The monoisotopic (exact) mass is 846 g/mol. The maximum Gasteiger partial charge on any atom is 0.264 e. The van der Waals surface area contributed by atoms with Gasteiger partial charge in [-0.1, -0.05) is 150 Å². The molecule has 65 heavy (non-hydrogen) atoms. The predicted octanol–water partition coefficient (Wildman–Crippen LogP) is 14.2. The molecule has 1 spiro atoms. The molecule has 306 valence electrons. The quantitative estimate of drug-likeness (QED) is 0.163. The first kappa shape index (κ1) is 37.0. The van der Waals surface area contributed by atoms with E-state index in [-0.39, 0.29) is 6.71 Å². The van der Waals surface area contributed by atoms with Crippen LogP contribution in [0.1, 0.15) is 44.5 Å². The molecule has 10 aromatic rings. The second-order valence-electron chi connectivity index (χ2n) is 18.7. The summed E-state index contributed by atoms with van der Waals surface area (Å²) in [4.78, 5) is 5.15. The lowest BCUT2D eigenvalue weighted by Gasteiger charge is -2.43. The van der Waals surface area contributed by atoms with E-state index < -0.39 is 5.41 Å². The second-order valence-corrected chi connectivity index (χ2v) is 19.8. The minimum Gasteiger partial charge on any atom is -0.311 e. The number of benzene rings is 9. The van der Waals surface area contributed by atoms with Crippen molar-refractivity contribution in [3.05, 3.63) is 233 Å². The first-order valence-corrected chi connectivity index (χ1v) is 23.7. The van der Waals surface area contributed by atoms with Gasteiger partial charge in [-0.3, -0.25) is 0 Å². The third kappa shape index (κ3) is 4.95. The molecular formula is C61H43BN2S. The molecule has 0 bridgehead atoms.